The monoisotopic (exact) mass is 245 g/mol. The molecule has 17 heavy (non-hydrogen) atoms. The molecule has 0 atom stereocenters. The van der Waals surface area contributed by atoms with Gasteiger partial charge in [0.2, 0.25) is 0 Å². The zero-order valence-corrected chi connectivity index (χ0v) is 10.4. The van der Waals surface area contributed by atoms with E-state index in [2.05, 4.69) is 34.1 Å². The van der Waals surface area contributed by atoms with Crippen LogP contribution in [0.2, 0.25) is 0 Å². The Labute approximate surface area is 105 Å². The van der Waals surface area contributed by atoms with Crippen LogP contribution in [0.15, 0.2) is 29.8 Å². The van der Waals surface area contributed by atoms with E-state index in [0.717, 1.165) is 23.8 Å². The largest absolute Gasteiger partial charge is 0.389 e. The number of aryl methyl sites for hydroxylation is 1. The highest BCUT2D eigenvalue weighted by Crippen LogP contribution is 2.29. The van der Waals surface area contributed by atoms with Gasteiger partial charge in [-0.3, -0.25) is 0 Å². The average Bonchev–Trinajstić information content (AvgIpc) is 2.76. The van der Waals surface area contributed by atoms with Crippen molar-refractivity contribution in [3.05, 3.63) is 41.0 Å². The summed E-state index contributed by atoms with van der Waals surface area (Å²) in [6.07, 6.45) is 2.39. The van der Waals surface area contributed by atoms with Gasteiger partial charge in [-0.05, 0) is 24.5 Å². The maximum Gasteiger partial charge on any atom is 0.111 e. The summed E-state index contributed by atoms with van der Waals surface area (Å²) in [5, 5.41) is 0.841. The number of aromatic nitrogens is 1. The highest BCUT2D eigenvalue weighted by atomic mass is 32.1. The van der Waals surface area contributed by atoms with Crippen LogP contribution in [-0.4, -0.2) is 11.5 Å². The summed E-state index contributed by atoms with van der Waals surface area (Å²) in [7, 11) is 0. The van der Waals surface area contributed by atoms with Crippen LogP contribution < -0.4 is 10.6 Å². The lowest BCUT2D eigenvalue weighted by molar-refractivity contribution is 0.686. The van der Waals surface area contributed by atoms with E-state index in [0.29, 0.717) is 0 Å². The molecule has 0 aliphatic carbocycles. The molecule has 3 nitrogen and oxygen atoms in total. The third kappa shape index (κ3) is 2.00. The van der Waals surface area contributed by atoms with Crippen LogP contribution in [0.3, 0.4) is 0 Å². The summed E-state index contributed by atoms with van der Waals surface area (Å²) in [6, 6.07) is 8.62. The van der Waals surface area contributed by atoms with Crippen LogP contribution >= 0.6 is 11.3 Å². The summed E-state index contributed by atoms with van der Waals surface area (Å²) < 4.78 is 0. The second-order valence-electron chi connectivity index (χ2n) is 4.32. The molecule has 0 saturated heterocycles. The highest BCUT2D eigenvalue weighted by Gasteiger charge is 2.17. The van der Waals surface area contributed by atoms with Crippen molar-refractivity contribution in [2.24, 2.45) is 0 Å². The quantitative estimate of drug-likeness (QED) is 0.884. The van der Waals surface area contributed by atoms with Crippen molar-refractivity contribution in [2.45, 2.75) is 19.4 Å². The molecule has 0 radical (unpaired) electrons. The van der Waals surface area contributed by atoms with Crippen molar-refractivity contribution in [1.29, 1.82) is 0 Å². The molecule has 4 heteroatoms. The fraction of sp³-hybridized carbons (Fsp3) is 0.308. The van der Waals surface area contributed by atoms with Gasteiger partial charge in [0, 0.05) is 12.2 Å². The van der Waals surface area contributed by atoms with E-state index in [9.17, 15) is 0 Å². The van der Waals surface area contributed by atoms with Crippen LogP contribution in [0.25, 0.3) is 0 Å². The fourth-order valence-corrected chi connectivity index (χ4v) is 2.90. The minimum absolute atomic E-state index is 0.826. The Morgan fingerprint density at radius 1 is 1.35 bits per heavy atom. The van der Waals surface area contributed by atoms with Crippen molar-refractivity contribution < 1.29 is 0 Å². The number of thiazole rings is 1. The minimum Gasteiger partial charge on any atom is -0.389 e. The maximum atomic E-state index is 5.91. The first-order valence-electron chi connectivity index (χ1n) is 5.85. The molecular weight excluding hydrogens is 230 g/mol. The number of fused-ring (bicyclic) bond motifs is 1. The Morgan fingerprint density at radius 3 is 3.06 bits per heavy atom. The molecule has 1 aromatic carbocycles. The summed E-state index contributed by atoms with van der Waals surface area (Å²) >= 11 is 1.51. The number of benzene rings is 1. The SMILES string of the molecule is Nc1scnc1CN1CCCc2ccccc21. The third-order valence-electron chi connectivity index (χ3n) is 3.22. The smallest absolute Gasteiger partial charge is 0.111 e. The molecule has 1 aromatic heterocycles. The van der Waals surface area contributed by atoms with Gasteiger partial charge in [-0.2, -0.15) is 0 Å². The van der Waals surface area contributed by atoms with Crippen LogP contribution in [0.1, 0.15) is 17.7 Å². The van der Waals surface area contributed by atoms with Gasteiger partial charge in [0.15, 0.2) is 0 Å². The van der Waals surface area contributed by atoms with Gasteiger partial charge in [0.1, 0.15) is 5.00 Å². The van der Waals surface area contributed by atoms with E-state index in [1.165, 1.54) is 35.4 Å². The first-order chi connectivity index (χ1) is 8.34. The number of rotatable bonds is 2. The van der Waals surface area contributed by atoms with Crippen molar-refractivity contribution >= 4 is 22.0 Å². The fourth-order valence-electron chi connectivity index (χ4n) is 2.35. The summed E-state index contributed by atoms with van der Waals surface area (Å²) in [4.78, 5) is 6.71. The van der Waals surface area contributed by atoms with Gasteiger partial charge < -0.3 is 10.6 Å². The molecular formula is C13H15N3S. The van der Waals surface area contributed by atoms with Gasteiger partial charge in [-0.1, -0.05) is 18.2 Å². The molecule has 0 saturated carbocycles. The Morgan fingerprint density at radius 2 is 2.24 bits per heavy atom. The third-order valence-corrected chi connectivity index (χ3v) is 3.92. The lowest BCUT2D eigenvalue weighted by Crippen LogP contribution is -2.29. The number of nitrogen functional groups attached to an aromatic ring is 1. The molecule has 0 spiro atoms. The number of nitrogens with zero attached hydrogens (tertiary/aromatic N) is 2. The Kier molecular flexibility index (Phi) is 2.73. The van der Waals surface area contributed by atoms with Gasteiger partial charge in [-0.15, -0.1) is 11.3 Å². The van der Waals surface area contributed by atoms with Crippen LogP contribution in [0.4, 0.5) is 10.7 Å². The first kappa shape index (κ1) is 10.6. The predicted molar refractivity (Wildman–Crippen MR) is 72.3 cm³/mol. The summed E-state index contributed by atoms with van der Waals surface area (Å²) in [5.41, 5.74) is 11.5. The predicted octanol–water partition coefficient (Wildman–Crippen LogP) is 2.68. The van der Waals surface area contributed by atoms with Gasteiger partial charge in [0.25, 0.3) is 0 Å². The van der Waals surface area contributed by atoms with Crippen LogP contribution in [0.5, 0.6) is 0 Å². The molecule has 1 aliphatic rings. The zero-order valence-electron chi connectivity index (χ0n) is 9.60. The van der Waals surface area contributed by atoms with Gasteiger partial charge >= 0.3 is 0 Å². The molecule has 88 valence electrons. The van der Waals surface area contributed by atoms with Crippen molar-refractivity contribution in [2.75, 3.05) is 17.2 Å². The minimum atomic E-state index is 0.826. The molecule has 2 aromatic rings. The second kappa shape index (κ2) is 4.37. The molecule has 3 rings (SSSR count). The van der Waals surface area contributed by atoms with E-state index in [4.69, 9.17) is 5.73 Å². The van der Waals surface area contributed by atoms with Crippen molar-refractivity contribution in [3.8, 4) is 0 Å². The Bertz CT molecular complexity index is 521. The first-order valence-corrected chi connectivity index (χ1v) is 6.73. The van der Waals surface area contributed by atoms with Crippen LogP contribution in [0, 0.1) is 0 Å². The van der Waals surface area contributed by atoms with Gasteiger partial charge in [-0.25, -0.2) is 4.98 Å². The zero-order chi connectivity index (χ0) is 11.7. The van der Waals surface area contributed by atoms with E-state index in [1.807, 2.05) is 5.51 Å². The topological polar surface area (TPSA) is 42.1 Å². The summed E-state index contributed by atoms with van der Waals surface area (Å²) in [5.74, 6) is 0. The molecule has 0 unspecified atom stereocenters. The molecule has 1 aliphatic heterocycles. The van der Waals surface area contributed by atoms with E-state index in [-0.39, 0.29) is 0 Å². The number of hydrogen-bond donors (Lipinski definition) is 1. The van der Waals surface area contributed by atoms with Crippen LogP contribution in [-0.2, 0) is 13.0 Å². The van der Waals surface area contributed by atoms with E-state index < -0.39 is 0 Å². The number of anilines is 2. The standard InChI is InChI=1S/C13H15N3S/c14-13-11(15-9-17-13)8-16-7-3-5-10-4-1-2-6-12(10)16/h1-2,4,6,9H,3,5,7-8,14H2. The van der Waals surface area contributed by atoms with E-state index >= 15 is 0 Å². The number of para-hydroxylation sites is 1. The normalized spacial score (nSPS) is 14.7. The highest BCUT2D eigenvalue weighted by molar-refractivity contribution is 7.13. The number of nitrogens with two attached hydrogens (primary N) is 1. The molecule has 0 fully saturated rings. The molecule has 2 N–H and O–H groups in total. The van der Waals surface area contributed by atoms with Crippen molar-refractivity contribution in [3.63, 3.8) is 0 Å². The van der Waals surface area contributed by atoms with Crippen molar-refractivity contribution in [1.82, 2.24) is 4.98 Å². The molecule has 2 heterocycles. The number of hydrogen-bond acceptors (Lipinski definition) is 4. The lowest BCUT2D eigenvalue weighted by atomic mass is 10.0. The summed E-state index contributed by atoms with van der Waals surface area (Å²) in [6.45, 7) is 1.92. The average molecular weight is 245 g/mol. The van der Waals surface area contributed by atoms with Gasteiger partial charge in [0.05, 0.1) is 17.7 Å². The lowest BCUT2D eigenvalue weighted by Gasteiger charge is -2.30. The van der Waals surface area contributed by atoms with E-state index in [1.54, 1.807) is 0 Å². The Hall–Kier alpha value is -1.55. The Balaban J connectivity index is 1.88. The maximum absolute atomic E-state index is 5.91. The second-order valence-corrected chi connectivity index (χ2v) is 5.20. The molecule has 0 bridgehead atoms. The molecule has 0 amide bonds.